The van der Waals surface area contributed by atoms with Crippen LogP contribution in [0.3, 0.4) is 0 Å². The first kappa shape index (κ1) is 14.2. The van der Waals surface area contributed by atoms with Crippen LogP contribution in [0.4, 0.5) is 0 Å². The van der Waals surface area contributed by atoms with Crippen LogP contribution in [0.5, 0.6) is 11.5 Å². The van der Waals surface area contributed by atoms with Crippen LogP contribution in [0.15, 0.2) is 16.6 Å². The van der Waals surface area contributed by atoms with Gasteiger partial charge in [0.1, 0.15) is 21.6 Å². The van der Waals surface area contributed by atoms with Crippen molar-refractivity contribution in [3.05, 3.63) is 22.2 Å². The van der Waals surface area contributed by atoms with Crippen molar-refractivity contribution in [1.29, 1.82) is 0 Å². The van der Waals surface area contributed by atoms with E-state index in [1.165, 1.54) is 0 Å². The number of fused-ring (bicyclic) bond motifs is 1. The molecule has 0 bridgehead atoms. The standard InChI is InChI=1S/C15H20BrNO3/c1-19-11-6-5-10(14(20-2)13(11)16)15(18)7-9-17-8-3-4-12(15)17/h5-6,12,18H,3-4,7-9H2,1-2H3. The Balaban J connectivity index is 2.07. The Morgan fingerprint density at radius 1 is 1.30 bits per heavy atom. The summed E-state index contributed by atoms with van der Waals surface area (Å²) in [5.74, 6) is 1.40. The van der Waals surface area contributed by atoms with Gasteiger partial charge in [-0.2, -0.15) is 0 Å². The summed E-state index contributed by atoms with van der Waals surface area (Å²) < 4.78 is 11.6. The number of benzene rings is 1. The van der Waals surface area contributed by atoms with Crippen molar-refractivity contribution >= 4 is 15.9 Å². The van der Waals surface area contributed by atoms with Crippen molar-refractivity contribution in [2.45, 2.75) is 30.9 Å². The van der Waals surface area contributed by atoms with Gasteiger partial charge in [-0.1, -0.05) is 0 Å². The van der Waals surface area contributed by atoms with Crippen molar-refractivity contribution in [2.75, 3.05) is 27.3 Å². The van der Waals surface area contributed by atoms with E-state index in [-0.39, 0.29) is 6.04 Å². The molecular weight excluding hydrogens is 322 g/mol. The zero-order valence-corrected chi connectivity index (χ0v) is 13.4. The van der Waals surface area contributed by atoms with Crippen LogP contribution in [0.25, 0.3) is 0 Å². The van der Waals surface area contributed by atoms with Gasteiger partial charge >= 0.3 is 0 Å². The molecule has 5 heteroatoms. The summed E-state index contributed by atoms with van der Waals surface area (Å²) in [6, 6.07) is 4.03. The van der Waals surface area contributed by atoms with Gasteiger partial charge in [0.15, 0.2) is 0 Å². The number of methoxy groups -OCH3 is 2. The lowest BCUT2D eigenvalue weighted by Crippen LogP contribution is -2.39. The number of hydrogen-bond acceptors (Lipinski definition) is 4. The number of nitrogens with zero attached hydrogens (tertiary/aromatic N) is 1. The molecule has 2 saturated heterocycles. The molecule has 2 aliphatic rings. The smallest absolute Gasteiger partial charge is 0.142 e. The molecule has 2 heterocycles. The zero-order chi connectivity index (χ0) is 14.3. The molecule has 1 N–H and O–H groups in total. The van der Waals surface area contributed by atoms with Crippen LogP contribution in [0.2, 0.25) is 0 Å². The number of aliphatic hydroxyl groups is 1. The maximum atomic E-state index is 11.2. The molecule has 1 aromatic carbocycles. The topological polar surface area (TPSA) is 41.9 Å². The average molecular weight is 342 g/mol. The second-order valence-corrected chi connectivity index (χ2v) is 6.32. The van der Waals surface area contributed by atoms with E-state index in [1.807, 2.05) is 12.1 Å². The Hall–Kier alpha value is -0.780. The third-order valence-corrected chi connectivity index (χ3v) is 5.40. The first-order valence-corrected chi connectivity index (χ1v) is 7.78. The van der Waals surface area contributed by atoms with E-state index in [0.29, 0.717) is 5.75 Å². The van der Waals surface area contributed by atoms with E-state index >= 15 is 0 Å². The predicted octanol–water partition coefficient (Wildman–Crippen LogP) is 2.52. The van der Waals surface area contributed by atoms with E-state index < -0.39 is 5.60 Å². The number of halogens is 1. The summed E-state index contributed by atoms with van der Waals surface area (Å²) in [6.45, 7) is 2.04. The SMILES string of the molecule is COc1ccc(C2(O)CCN3CCCC32)c(OC)c1Br. The van der Waals surface area contributed by atoms with Gasteiger partial charge in [-0.05, 0) is 53.9 Å². The van der Waals surface area contributed by atoms with Crippen molar-refractivity contribution in [3.63, 3.8) is 0 Å². The van der Waals surface area contributed by atoms with Gasteiger partial charge < -0.3 is 14.6 Å². The largest absolute Gasteiger partial charge is 0.495 e. The summed E-state index contributed by atoms with van der Waals surface area (Å²) in [6.07, 6.45) is 2.96. The Bertz CT molecular complexity index is 522. The lowest BCUT2D eigenvalue weighted by atomic mass is 9.84. The minimum atomic E-state index is -0.823. The molecule has 0 amide bonds. The van der Waals surface area contributed by atoms with Crippen LogP contribution in [-0.4, -0.2) is 43.4 Å². The van der Waals surface area contributed by atoms with E-state index in [9.17, 15) is 5.11 Å². The summed E-state index contributed by atoms with van der Waals surface area (Å²) in [5, 5.41) is 11.2. The quantitative estimate of drug-likeness (QED) is 0.917. The maximum Gasteiger partial charge on any atom is 0.142 e. The molecule has 2 fully saturated rings. The molecule has 0 saturated carbocycles. The van der Waals surface area contributed by atoms with Gasteiger partial charge in [-0.15, -0.1) is 0 Å². The van der Waals surface area contributed by atoms with Crippen molar-refractivity contribution in [1.82, 2.24) is 4.90 Å². The van der Waals surface area contributed by atoms with Gasteiger partial charge in [0.2, 0.25) is 0 Å². The van der Waals surface area contributed by atoms with Crippen LogP contribution in [0, 0.1) is 0 Å². The fourth-order valence-electron chi connectivity index (χ4n) is 3.67. The Morgan fingerprint density at radius 3 is 2.80 bits per heavy atom. The number of hydrogen-bond donors (Lipinski definition) is 1. The molecule has 2 aliphatic heterocycles. The average Bonchev–Trinajstić information content (AvgIpc) is 3.03. The summed E-state index contributed by atoms with van der Waals surface area (Å²) in [7, 11) is 3.26. The molecule has 0 aromatic heterocycles. The first-order chi connectivity index (χ1) is 9.61. The zero-order valence-electron chi connectivity index (χ0n) is 11.9. The van der Waals surface area contributed by atoms with E-state index in [0.717, 1.165) is 48.1 Å². The molecule has 0 aliphatic carbocycles. The Labute approximate surface area is 127 Å². The lowest BCUT2D eigenvalue weighted by molar-refractivity contribution is 0.00723. The highest BCUT2D eigenvalue weighted by molar-refractivity contribution is 9.10. The Kier molecular flexibility index (Phi) is 3.69. The monoisotopic (exact) mass is 341 g/mol. The molecule has 110 valence electrons. The second-order valence-electron chi connectivity index (χ2n) is 5.53. The molecule has 2 atom stereocenters. The fourth-order valence-corrected chi connectivity index (χ4v) is 4.34. The van der Waals surface area contributed by atoms with E-state index in [1.54, 1.807) is 14.2 Å². The second kappa shape index (κ2) is 5.20. The molecule has 3 rings (SSSR count). The predicted molar refractivity (Wildman–Crippen MR) is 80.4 cm³/mol. The molecule has 20 heavy (non-hydrogen) atoms. The summed E-state index contributed by atoms with van der Waals surface area (Å²) >= 11 is 3.52. The van der Waals surface area contributed by atoms with Gasteiger partial charge in [0, 0.05) is 18.2 Å². The molecule has 2 unspecified atom stereocenters. The van der Waals surface area contributed by atoms with Crippen LogP contribution in [0.1, 0.15) is 24.8 Å². The number of rotatable bonds is 3. The summed E-state index contributed by atoms with van der Waals surface area (Å²) in [4.78, 5) is 2.39. The van der Waals surface area contributed by atoms with Gasteiger partial charge in [0.25, 0.3) is 0 Å². The summed E-state index contributed by atoms with van der Waals surface area (Å²) in [5.41, 5.74) is 0.0402. The molecule has 0 spiro atoms. The van der Waals surface area contributed by atoms with Crippen LogP contribution < -0.4 is 9.47 Å². The van der Waals surface area contributed by atoms with Crippen LogP contribution in [-0.2, 0) is 5.60 Å². The van der Waals surface area contributed by atoms with Crippen molar-refractivity contribution in [2.24, 2.45) is 0 Å². The highest BCUT2D eigenvalue weighted by Crippen LogP contribution is 2.49. The van der Waals surface area contributed by atoms with Crippen molar-refractivity contribution < 1.29 is 14.6 Å². The molecular formula is C15H20BrNO3. The number of ether oxygens (including phenoxy) is 2. The molecule has 0 radical (unpaired) electrons. The van der Waals surface area contributed by atoms with Gasteiger partial charge in [-0.3, -0.25) is 4.90 Å². The van der Waals surface area contributed by atoms with E-state index in [4.69, 9.17) is 9.47 Å². The fraction of sp³-hybridized carbons (Fsp3) is 0.600. The third-order valence-electron chi connectivity index (χ3n) is 4.65. The molecule has 4 nitrogen and oxygen atoms in total. The van der Waals surface area contributed by atoms with Crippen LogP contribution >= 0.6 is 15.9 Å². The Morgan fingerprint density at radius 2 is 2.10 bits per heavy atom. The highest BCUT2D eigenvalue weighted by Gasteiger charge is 2.50. The van der Waals surface area contributed by atoms with E-state index in [2.05, 4.69) is 20.8 Å². The third kappa shape index (κ3) is 1.95. The maximum absolute atomic E-state index is 11.2. The van der Waals surface area contributed by atoms with Gasteiger partial charge in [0.05, 0.1) is 14.2 Å². The highest BCUT2D eigenvalue weighted by atomic mass is 79.9. The van der Waals surface area contributed by atoms with Gasteiger partial charge in [-0.25, -0.2) is 0 Å². The lowest BCUT2D eigenvalue weighted by Gasteiger charge is -2.32. The minimum absolute atomic E-state index is 0.205. The van der Waals surface area contributed by atoms with Crippen molar-refractivity contribution in [3.8, 4) is 11.5 Å². The minimum Gasteiger partial charge on any atom is -0.495 e. The normalized spacial score (nSPS) is 29.5. The molecule has 1 aromatic rings. The first-order valence-electron chi connectivity index (χ1n) is 6.99.